The van der Waals surface area contributed by atoms with Gasteiger partial charge in [-0.15, -0.1) is 0 Å². The van der Waals surface area contributed by atoms with Crippen molar-refractivity contribution in [2.24, 2.45) is 0 Å². The predicted octanol–water partition coefficient (Wildman–Crippen LogP) is 1.46. The van der Waals surface area contributed by atoms with Gasteiger partial charge in [0.05, 0.1) is 0 Å². The van der Waals surface area contributed by atoms with Crippen molar-refractivity contribution in [3.05, 3.63) is 29.6 Å². The molecule has 104 valence electrons. The first-order valence-electron chi connectivity index (χ1n) is 6.57. The summed E-state index contributed by atoms with van der Waals surface area (Å²) in [5, 5.41) is 0. The number of carbonyl (C=O) groups excluding carboxylic acids is 1. The quantitative estimate of drug-likeness (QED) is 0.824. The van der Waals surface area contributed by atoms with E-state index in [2.05, 4.69) is 4.90 Å². The van der Waals surface area contributed by atoms with Gasteiger partial charge in [0.25, 0.3) is 0 Å². The van der Waals surface area contributed by atoms with E-state index in [0.717, 1.165) is 38.2 Å². The molecule has 1 aliphatic rings. The van der Waals surface area contributed by atoms with Crippen LogP contribution >= 0.6 is 0 Å². The highest BCUT2D eigenvalue weighted by atomic mass is 19.1. The zero-order valence-electron chi connectivity index (χ0n) is 11.2. The first-order chi connectivity index (χ1) is 9.04. The number of nitrogen functional groups attached to an aromatic ring is 1. The lowest BCUT2D eigenvalue weighted by Crippen LogP contribution is -2.33. The Hall–Kier alpha value is -1.62. The van der Waals surface area contributed by atoms with Gasteiger partial charge in [0.15, 0.2) is 0 Å². The van der Waals surface area contributed by atoms with Crippen molar-refractivity contribution in [1.82, 2.24) is 9.80 Å². The lowest BCUT2D eigenvalue weighted by atomic mass is 10.2. The monoisotopic (exact) mass is 265 g/mol. The van der Waals surface area contributed by atoms with Gasteiger partial charge in [-0.25, -0.2) is 4.39 Å². The van der Waals surface area contributed by atoms with Crippen LogP contribution in [-0.2, 0) is 11.3 Å². The summed E-state index contributed by atoms with van der Waals surface area (Å²) in [4.78, 5) is 15.4. The Morgan fingerprint density at radius 1 is 1.26 bits per heavy atom. The van der Waals surface area contributed by atoms with Gasteiger partial charge in [-0.2, -0.15) is 0 Å². The predicted molar refractivity (Wildman–Crippen MR) is 73.0 cm³/mol. The lowest BCUT2D eigenvalue weighted by Gasteiger charge is -2.21. The first kappa shape index (κ1) is 13.8. The molecule has 2 rings (SSSR count). The van der Waals surface area contributed by atoms with Gasteiger partial charge < -0.3 is 10.6 Å². The van der Waals surface area contributed by atoms with E-state index in [1.54, 1.807) is 13.0 Å². The van der Waals surface area contributed by atoms with Gasteiger partial charge in [0.2, 0.25) is 5.91 Å². The highest BCUT2D eigenvalue weighted by molar-refractivity contribution is 5.73. The Morgan fingerprint density at radius 3 is 2.74 bits per heavy atom. The fourth-order valence-electron chi connectivity index (χ4n) is 2.47. The van der Waals surface area contributed by atoms with Gasteiger partial charge >= 0.3 is 0 Å². The van der Waals surface area contributed by atoms with E-state index in [9.17, 15) is 9.18 Å². The number of halogens is 1. The van der Waals surface area contributed by atoms with Crippen molar-refractivity contribution in [2.45, 2.75) is 19.9 Å². The van der Waals surface area contributed by atoms with Gasteiger partial charge in [0.1, 0.15) is 5.82 Å². The molecular weight excluding hydrogens is 245 g/mol. The SMILES string of the molecule is CC(=O)N1CCCN(Cc2cc(N)cc(F)c2)CC1. The molecule has 1 amide bonds. The molecule has 1 aromatic carbocycles. The summed E-state index contributed by atoms with van der Waals surface area (Å²) < 4.78 is 13.3. The number of hydrogen-bond donors (Lipinski definition) is 1. The van der Waals surface area contributed by atoms with Gasteiger partial charge in [-0.05, 0) is 30.2 Å². The molecule has 1 saturated heterocycles. The fourth-order valence-corrected chi connectivity index (χ4v) is 2.47. The topological polar surface area (TPSA) is 49.6 Å². The molecule has 5 heteroatoms. The van der Waals surface area contributed by atoms with Crippen molar-refractivity contribution >= 4 is 11.6 Å². The molecule has 1 aliphatic heterocycles. The number of benzene rings is 1. The number of hydrogen-bond acceptors (Lipinski definition) is 3. The van der Waals surface area contributed by atoms with Crippen molar-refractivity contribution in [3.63, 3.8) is 0 Å². The van der Waals surface area contributed by atoms with Crippen LogP contribution in [0.25, 0.3) is 0 Å². The normalized spacial score (nSPS) is 17.3. The number of nitrogens with zero attached hydrogens (tertiary/aromatic N) is 2. The summed E-state index contributed by atoms with van der Waals surface area (Å²) in [6.07, 6.45) is 0.949. The molecule has 0 atom stereocenters. The van der Waals surface area contributed by atoms with Gasteiger partial charge in [-0.3, -0.25) is 9.69 Å². The molecule has 4 nitrogen and oxygen atoms in total. The molecule has 1 aromatic rings. The third-order valence-corrected chi connectivity index (χ3v) is 3.42. The molecule has 0 spiro atoms. The number of nitrogens with two attached hydrogens (primary N) is 1. The van der Waals surface area contributed by atoms with Crippen LogP contribution < -0.4 is 5.73 Å². The Balaban J connectivity index is 1.97. The van der Waals surface area contributed by atoms with Crippen molar-refractivity contribution < 1.29 is 9.18 Å². The van der Waals surface area contributed by atoms with Crippen LogP contribution in [0.2, 0.25) is 0 Å². The van der Waals surface area contributed by atoms with Crippen LogP contribution in [0.15, 0.2) is 18.2 Å². The largest absolute Gasteiger partial charge is 0.399 e. The zero-order valence-corrected chi connectivity index (χ0v) is 11.2. The zero-order chi connectivity index (χ0) is 13.8. The fraction of sp³-hybridized carbons (Fsp3) is 0.500. The van der Waals surface area contributed by atoms with Crippen LogP contribution in [0.5, 0.6) is 0 Å². The molecule has 1 heterocycles. The molecule has 0 aliphatic carbocycles. The molecule has 0 aromatic heterocycles. The average molecular weight is 265 g/mol. The highest BCUT2D eigenvalue weighted by Crippen LogP contribution is 2.14. The minimum atomic E-state index is -0.296. The highest BCUT2D eigenvalue weighted by Gasteiger charge is 2.16. The van der Waals surface area contributed by atoms with Gasteiger partial charge in [-0.1, -0.05) is 0 Å². The van der Waals surface area contributed by atoms with Crippen LogP contribution in [0.1, 0.15) is 18.9 Å². The second-order valence-electron chi connectivity index (χ2n) is 5.03. The van der Waals surface area contributed by atoms with Crippen LogP contribution in [-0.4, -0.2) is 41.9 Å². The summed E-state index contributed by atoms with van der Waals surface area (Å²) in [6, 6.07) is 4.64. The van der Waals surface area contributed by atoms with E-state index in [0.29, 0.717) is 12.2 Å². The number of carbonyl (C=O) groups is 1. The van der Waals surface area contributed by atoms with Crippen molar-refractivity contribution in [2.75, 3.05) is 31.9 Å². The van der Waals surface area contributed by atoms with E-state index >= 15 is 0 Å². The van der Waals surface area contributed by atoms with E-state index < -0.39 is 0 Å². The minimum Gasteiger partial charge on any atom is -0.399 e. The summed E-state index contributed by atoms with van der Waals surface area (Å²) >= 11 is 0. The maximum Gasteiger partial charge on any atom is 0.219 e. The molecule has 19 heavy (non-hydrogen) atoms. The van der Waals surface area contributed by atoms with E-state index in [1.807, 2.05) is 4.90 Å². The first-order valence-corrected chi connectivity index (χ1v) is 6.57. The Bertz CT molecular complexity index is 444. The van der Waals surface area contributed by atoms with Gasteiger partial charge in [0, 0.05) is 45.3 Å². The number of rotatable bonds is 2. The molecule has 0 unspecified atom stereocenters. The standard InChI is InChI=1S/C14H20FN3O/c1-11(19)18-4-2-3-17(5-6-18)10-12-7-13(15)9-14(16)8-12/h7-9H,2-6,10,16H2,1H3. The summed E-state index contributed by atoms with van der Waals surface area (Å²) in [7, 11) is 0. The molecule has 1 fully saturated rings. The molecular formula is C14H20FN3O. The van der Waals surface area contributed by atoms with Crippen molar-refractivity contribution in [3.8, 4) is 0 Å². The van der Waals surface area contributed by atoms with Crippen molar-refractivity contribution in [1.29, 1.82) is 0 Å². The lowest BCUT2D eigenvalue weighted by molar-refractivity contribution is -0.128. The number of amides is 1. The Kier molecular flexibility index (Phi) is 4.37. The molecule has 0 saturated carbocycles. The van der Waals surface area contributed by atoms with Crippen LogP contribution in [0, 0.1) is 5.82 Å². The minimum absolute atomic E-state index is 0.122. The summed E-state index contributed by atoms with van der Waals surface area (Å²) in [5.41, 5.74) is 6.98. The van der Waals surface area contributed by atoms with E-state index in [4.69, 9.17) is 5.73 Å². The number of anilines is 1. The Labute approximate surface area is 113 Å². The smallest absolute Gasteiger partial charge is 0.219 e. The average Bonchev–Trinajstić information content (AvgIpc) is 2.53. The molecule has 0 radical (unpaired) electrons. The molecule has 0 bridgehead atoms. The second kappa shape index (κ2) is 6.02. The third-order valence-electron chi connectivity index (χ3n) is 3.42. The van der Waals surface area contributed by atoms with E-state index in [-0.39, 0.29) is 11.7 Å². The summed E-state index contributed by atoms with van der Waals surface area (Å²) in [6.45, 7) is 5.55. The maximum absolute atomic E-state index is 13.3. The maximum atomic E-state index is 13.3. The van der Waals surface area contributed by atoms with Crippen LogP contribution in [0.3, 0.4) is 0 Å². The molecule has 2 N–H and O–H groups in total. The summed E-state index contributed by atoms with van der Waals surface area (Å²) in [5.74, 6) is -0.174. The van der Waals surface area contributed by atoms with E-state index in [1.165, 1.54) is 12.1 Å². The third kappa shape index (κ3) is 3.92. The Morgan fingerprint density at radius 2 is 2.05 bits per heavy atom. The van der Waals surface area contributed by atoms with Crippen LogP contribution in [0.4, 0.5) is 10.1 Å². The second-order valence-corrected chi connectivity index (χ2v) is 5.03.